The highest BCUT2D eigenvalue weighted by molar-refractivity contribution is 5.86. The molecule has 0 aliphatic carbocycles. The summed E-state index contributed by atoms with van der Waals surface area (Å²) in [6.45, 7) is 2.06. The van der Waals surface area contributed by atoms with Crippen LogP contribution < -0.4 is 5.73 Å². The second-order valence-corrected chi connectivity index (χ2v) is 4.28. The lowest BCUT2D eigenvalue weighted by Gasteiger charge is -2.18. The SMILES string of the molecule is CCCC(OC(N)=O)c1cccc2ccccc12. The van der Waals surface area contributed by atoms with Gasteiger partial charge in [-0.3, -0.25) is 0 Å². The fourth-order valence-corrected chi connectivity index (χ4v) is 2.21. The maximum atomic E-state index is 11.0. The van der Waals surface area contributed by atoms with E-state index in [4.69, 9.17) is 10.5 Å². The molecule has 2 N–H and O–H groups in total. The molecule has 1 atom stereocenters. The van der Waals surface area contributed by atoms with E-state index in [1.165, 1.54) is 0 Å². The van der Waals surface area contributed by atoms with E-state index in [0.29, 0.717) is 0 Å². The highest BCUT2D eigenvalue weighted by Gasteiger charge is 2.16. The highest BCUT2D eigenvalue weighted by atomic mass is 16.6. The second kappa shape index (κ2) is 5.54. The molecule has 0 aliphatic rings. The van der Waals surface area contributed by atoms with Crippen molar-refractivity contribution in [3.8, 4) is 0 Å². The van der Waals surface area contributed by atoms with Gasteiger partial charge < -0.3 is 10.5 Å². The summed E-state index contributed by atoms with van der Waals surface area (Å²) in [4.78, 5) is 11.0. The predicted octanol–water partition coefficient (Wildman–Crippen LogP) is 3.78. The quantitative estimate of drug-likeness (QED) is 0.888. The number of ether oxygens (including phenoxy) is 1. The number of carbonyl (C=O) groups is 1. The maximum Gasteiger partial charge on any atom is 0.405 e. The van der Waals surface area contributed by atoms with Crippen LogP contribution in [0.2, 0.25) is 0 Å². The molecule has 0 saturated carbocycles. The van der Waals surface area contributed by atoms with Gasteiger partial charge in [-0.2, -0.15) is 0 Å². The van der Waals surface area contributed by atoms with Gasteiger partial charge in [-0.15, -0.1) is 0 Å². The van der Waals surface area contributed by atoms with Crippen LogP contribution in [-0.2, 0) is 4.74 Å². The fraction of sp³-hybridized carbons (Fsp3) is 0.267. The van der Waals surface area contributed by atoms with Crippen molar-refractivity contribution >= 4 is 16.9 Å². The third-order valence-corrected chi connectivity index (χ3v) is 2.98. The van der Waals surface area contributed by atoms with E-state index in [1.54, 1.807) is 0 Å². The summed E-state index contributed by atoms with van der Waals surface area (Å²) in [6, 6.07) is 14.1. The zero-order chi connectivity index (χ0) is 13.0. The van der Waals surface area contributed by atoms with Crippen molar-refractivity contribution in [2.24, 2.45) is 5.73 Å². The van der Waals surface area contributed by atoms with Crippen LogP contribution >= 0.6 is 0 Å². The van der Waals surface area contributed by atoms with Gasteiger partial charge in [0.25, 0.3) is 0 Å². The maximum absolute atomic E-state index is 11.0. The van der Waals surface area contributed by atoms with Crippen LogP contribution in [0.4, 0.5) is 4.79 Å². The van der Waals surface area contributed by atoms with Gasteiger partial charge in [-0.25, -0.2) is 4.79 Å². The Labute approximate surface area is 107 Å². The monoisotopic (exact) mass is 243 g/mol. The Morgan fingerprint density at radius 2 is 1.94 bits per heavy atom. The van der Waals surface area contributed by atoms with Crippen LogP contribution in [0.1, 0.15) is 31.4 Å². The van der Waals surface area contributed by atoms with E-state index in [2.05, 4.69) is 6.92 Å². The van der Waals surface area contributed by atoms with Crippen LogP contribution in [0.3, 0.4) is 0 Å². The van der Waals surface area contributed by atoms with E-state index >= 15 is 0 Å². The molecule has 94 valence electrons. The van der Waals surface area contributed by atoms with Gasteiger partial charge in [0, 0.05) is 5.56 Å². The van der Waals surface area contributed by atoms with Gasteiger partial charge in [0.05, 0.1) is 0 Å². The number of nitrogens with two attached hydrogens (primary N) is 1. The van der Waals surface area contributed by atoms with E-state index in [-0.39, 0.29) is 6.10 Å². The molecule has 3 heteroatoms. The van der Waals surface area contributed by atoms with E-state index in [9.17, 15) is 4.79 Å². The normalized spacial score (nSPS) is 12.3. The van der Waals surface area contributed by atoms with Crippen LogP contribution in [-0.4, -0.2) is 6.09 Å². The van der Waals surface area contributed by atoms with Gasteiger partial charge in [0.2, 0.25) is 0 Å². The predicted molar refractivity (Wildman–Crippen MR) is 72.3 cm³/mol. The van der Waals surface area contributed by atoms with Crippen LogP contribution in [0.25, 0.3) is 10.8 Å². The molecule has 2 aromatic rings. The summed E-state index contributed by atoms with van der Waals surface area (Å²) in [5.41, 5.74) is 6.17. The Hall–Kier alpha value is -2.03. The minimum atomic E-state index is -0.721. The number of hydrogen-bond donors (Lipinski definition) is 1. The lowest BCUT2D eigenvalue weighted by Crippen LogP contribution is -2.17. The molecular weight excluding hydrogens is 226 g/mol. The molecule has 18 heavy (non-hydrogen) atoms. The number of benzene rings is 2. The number of rotatable bonds is 4. The molecule has 2 rings (SSSR count). The van der Waals surface area contributed by atoms with Gasteiger partial charge in [-0.1, -0.05) is 55.8 Å². The van der Waals surface area contributed by atoms with Crippen molar-refractivity contribution in [3.05, 3.63) is 48.0 Å². The Morgan fingerprint density at radius 1 is 1.22 bits per heavy atom. The summed E-state index contributed by atoms with van der Waals surface area (Å²) in [7, 11) is 0. The molecule has 0 aliphatic heterocycles. The molecule has 0 radical (unpaired) electrons. The van der Waals surface area contributed by atoms with Crippen molar-refractivity contribution < 1.29 is 9.53 Å². The minimum absolute atomic E-state index is 0.265. The zero-order valence-electron chi connectivity index (χ0n) is 10.4. The number of primary amides is 1. The highest BCUT2D eigenvalue weighted by Crippen LogP contribution is 2.29. The topological polar surface area (TPSA) is 52.3 Å². The lowest BCUT2D eigenvalue weighted by molar-refractivity contribution is 0.102. The first kappa shape index (κ1) is 12.4. The lowest BCUT2D eigenvalue weighted by atomic mass is 9.98. The minimum Gasteiger partial charge on any atom is -0.441 e. The first-order valence-electron chi connectivity index (χ1n) is 6.16. The third-order valence-electron chi connectivity index (χ3n) is 2.98. The first-order chi connectivity index (χ1) is 8.72. The van der Waals surface area contributed by atoms with Gasteiger partial charge in [0.15, 0.2) is 0 Å². The molecule has 3 nitrogen and oxygen atoms in total. The van der Waals surface area contributed by atoms with Gasteiger partial charge in [-0.05, 0) is 17.2 Å². The standard InChI is InChI=1S/C15H17NO2/c1-2-6-14(18-15(16)17)13-10-5-8-11-7-3-4-9-12(11)13/h3-5,7-10,14H,2,6H2,1H3,(H2,16,17). The Balaban J connectivity index is 2.46. The van der Waals surface area contributed by atoms with Crippen molar-refractivity contribution in [3.63, 3.8) is 0 Å². The molecule has 0 fully saturated rings. The molecule has 0 heterocycles. The third kappa shape index (κ3) is 2.62. The van der Waals surface area contributed by atoms with E-state index in [0.717, 1.165) is 29.2 Å². The van der Waals surface area contributed by atoms with Crippen molar-refractivity contribution in [1.29, 1.82) is 0 Å². The number of amides is 1. The molecule has 0 spiro atoms. The molecule has 0 aromatic heterocycles. The number of hydrogen-bond acceptors (Lipinski definition) is 2. The number of fused-ring (bicyclic) bond motifs is 1. The van der Waals surface area contributed by atoms with Crippen molar-refractivity contribution in [1.82, 2.24) is 0 Å². The average molecular weight is 243 g/mol. The van der Waals surface area contributed by atoms with Crippen LogP contribution in [0, 0.1) is 0 Å². The molecule has 0 saturated heterocycles. The summed E-state index contributed by atoms with van der Waals surface area (Å²) < 4.78 is 5.22. The smallest absolute Gasteiger partial charge is 0.405 e. The van der Waals surface area contributed by atoms with Crippen molar-refractivity contribution in [2.75, 3.05) is 0 Å². The molecule has 0 bridgehead atoms. The van der Waals surface area contributed by atoms with Crippen LogP contribution in [0.15, 0.2) is 42.5 Å². The van der Waals surface area contributed by atoms with Gasteiger partial charge >= 0.3 is 6.09 Å². The molecular formula is C15H17NO2. The Kier molecular flexibility index (Phi) is 3.82. The Morgan fingerprint density at radius 3 is 2.67 bits per heavy atom. The van der Waals surface area contributed by atoms with E-state index < -0.39 is 6.09 Å². The molecule has 1 unspecified atom stereocenters. The second-order valence-electron chi connectivity index (χ2n) is 4.28. The summed E-state index contributed by atoms with van der Waals surface area (Å²) in [5, 5.41) is 2.25. The first-order valence-corrected chi connectivity index (χ1v) is 6.16. The van der Waals surface area contributed by atoms with E-state index in [1.807, 2.05) is 42.5 Å². The van der Waals surface area contributed by atoms with Crippen molar-refractivity contribution in [2.45, 2.75) is 25.9 Å². The fourth-order valence-electron chi connectivity index (χ4n) is 2.21. The average Bonchev–Trinajstić information content (AvgIpc) is 2.37. The summed E-state index contributed by atoms with van der Waals surface area (Å²) in [5.74, 6) is 0. The zero-order valence-corrected chi connectivity index (χ0v) is 10.4. The number of carbonyl (C=O) groups excluding carboxylic acids is 1. The van der Waals surface area contributed by atoms with Crippen LogP contribution in [0.5, 0.6) is 0 Å². The molecule has 1 amide bonds. The molecule has 2 aromatic carbocycles. The Bertz CT molecular complexity index is 546. The van der Waals surface area contributed by atoms with Gasteiger partial charge in [0.1, 0.15) is 6.10 Å². The largest absolute Gasteiger partial charge is 0.441 e. The summed E-state index contributed by atoms with van der Waals surface area (Å²) in [6.07, 6.45) is 0.720. The summed E-state index contributed by atoms with van der Waals surface area (Å²) >= 11 is 0.